The Kier molecular flexibility index (Phi) is 14.2. The number of rotatable bonds is 11. The molecule has 1 aromatic heterocycles. The Morgan fingerprint density at radius 2 is 1.80 bits per heavy atom. The average Bonchev–Trinajstić information content (AvgIpc) is 3.79. The smallest absolute Gasteiger partial charge is 0.324 e. The van der Waals surface area contributed by atoms with Crippen LogP contribution >= 0.6 is 0 Å². The van der Waals surface area contributed by atoms with Gasteiger partial charge >= 0.3 is 5.97 Å². The predicted octanol–water partition coefficient (Wildman–Crippen LogP) is 5.61. The highest BCUT2D eigenvalue weighted by Gasteiger charge is 2.59. The summed E-state index contributed by atoms with van der Waals surface area (Å²) in [6.45, 7) is 22.7. The fourth-order valence-corrected chi connectivity index (χ4v) is 9.82. The fourth-order valence-electron chi connectivity index (χ4n) is 9.82. The van der Waals surface area contributed by atoms with E-state index >= 15 is 0 Å². The van der Waals surface area contributed by atoms with Crippen LogP contribution in [0.5, 0.6) is 0 Å². The zero-order valence-corrected chi connectivity index (χ0v) is 39.6. The van der Waals surface area contributed by atoms with Gasteiger partial charge in [-0.25, -0.2) is 5.43 Å². The van der Waals surface area contributed by atoms with Gasteiger partial charge in [-0.3, -0.25) is 34.0 Å². The third kappa shape index (κ3) is 9.25. The van der Waals surface area contributed by atoms with E-state index in [9.17, 15) is 24.0 Å². The maximum atomic E-state index is 14.7. The number of ether oxygens (including phenoxy) is 3. The molecular weight excluding hydrogens is 839 g/mol. The molecule has 4 amide bonds. The fraction of sp³-hybridized carbons (Fsp3) is 0.490. The number of hydrazine groups is 1. The number of nitrogens with one attached hydrogen (secondary N) is 2. The van der Waals surface area contributed by atoms with Crippen LogP contribution in [0.1, 0.15) is 78.1 Å². The first-order chi connectivity index (χ1) is 31.5. The van der Waals surface area contributed by atoms with Crippen molar-refractivity contribution >= 4 is 52.3 Å². The van der Waals surface area contributed by atoms with Crippen molar-refractivity contribution < 1.29 is 38.2 Å². The summed E-state index contributed by atoms with van der Waals surface area (Å²) in [4.78, 5) is 77.0. The maximum absolute atomic E-state index is 14.7. The molecule has 5 heterocycles. The van der Waals surface area contributed by atoms with E-state index in [1.165, 1.54) is 20.9 Å². The summed E-state index contributed by atoms with van der Waals surface area (Å²) in [7, 11) is 1.67. The minimum Gasteiger partial charge on any atom is -0.464 e. The SMILES string of the molecule is C=CC(=O)N1CC2(C1)OCN([C@H](C(=O)N[C@H]1Cc3cccc(c3)-c3ccc4c(c3)c(c(/C(C=C)=C(/N=CC)[C@H](C)OC)n4CC)CC(C)(C)COC(=O)[C@@H]3CCCN(N3)C1=O)C(C)C)C2=O. The third-order valence-electron chi connectivity index (χ3n) is 13.3. The Hall–Kier alpha value is -5.90. The van der Waals surface area contributed by atoms with Gasteiger partial charge in [0.05, 0.1) is 37.2 Å². The molecule has 4 aliphatic heterocycles. The Balaban J connectivity index is 1.30. The molecule has 3 fully saturated rings. The molecule has 6 bridgehead atoms. The van der Waals surface area contributed by atoms with Gasteiger partial charge in [-0.1, -0.05) is 77.3 Å². The van der Waals surface area contributed by atoms with Crippen LogP contribution in [-0.2, 0) is 57.6 Å². The maximum Gasteiger partial charge on any atom is 0.324 e. The van der Waals surface area contributed by atoms with Crippen LogP contribution in [0.2, 0.25) is 0 Å². The monoisotopic (exact) mass is 903 g/mol. The molecule has 0 saturated carbocycles. The number of likely N-dealkylation sites (tertiary alicyclic amines) is 1. The van der Waals surface area contributed by atoms with E-state index in [1.807, 2.05) is 58.0 Å². The molecule has 3 saturated heterocycles. The van der Waals surface area contributed by atoms with Crippen molar-refractivity contribution in [1.82, 2.24) is 30.1 Å². The number of hydrogen-bond donors (Lipinski definition) is 2. The average molecular weight is 904 g/mol. The number of aryl methyl sites for hydroxylation is 1. The lowest BCUT2D eigenvalue weighted by atomic mass is 9.84. The number of carbonyl (C=O) groups excluding carboxylic acids is 5. The summed E-state index contributed by atoms with van der Waals surface area (Å²) in [5.41, 5.74) is 8.72. The normalized spacial score (nSPS) is 22.2. The van der Waals surface area contributed by atoms with Gasteiger partial charge in [-0.15, -0.1) is 0 Å². The van der Waals surface area contributed by atoms with E-state index in [2.05, 4.69) is 67.4 Å². The van der Waals surface area contributed by atoms with E-state index in [0.29, 0.717) is 32.4 Å². The van der Waals surface area contributed by atoms with Crippen LogP contribution in [0.4, 0.5) is 0 Å². The lowest BCUT2D eigenvalue weighted by molar-refractivity contribution is -0.163. The number of hydrogen-bond acceptors (Lipinski definition) is 10. The van der Waals surface area contributed by atoms with E-state index in [0.717, 1.165) is 50.1 Å². The van der Waals surface area contributed by atoms with Crippen molar-refractivity contribution in [3.63, 3.8) is 0 Å². The number of methoxy groups -OCH3 is 1. The molecule has 66 heavy (non-hydrogen) atoms. The minimum absolute atomic E-state index is 0.0637. The summed E-state index contributed by atoms with van der Waals surface area (Å²) in [5.74, 6) is -2.45. The minimum atomic E-state index is -1.23. The summed E-state index contributed by atoms with van der Waals surface area (Å²) in [6.07, 6.45) is 6.13. The molecule has 2 N–H and O–H groups in total. The Bertz CT molecular complexity index is 2480. The number of fused-ring (bicyclic) bond motifs is 6. The topological polar surface area (TPSA) is 164 Å². The van der Waals surface area contributed by atoms with Crippen molar-refractivity contribution in [1.29, 1.82) is 0 Å². The van der Waals surface area contributed by atoms with Crippen LogP contribution in [0.15, 0.2) is 78.5 Å². The van der Waals surface area contributed by atoms with Crippen molar-refractivity contribution in [2.75, 3.05) is 40.1 Å². The third-order valence-corrected chi connectivity index (χ3v) is 13.3. The van der Waals surface area contributed by atoms with E-state index in [-0.39, 0.29) is 56.7 Å². The Morgan fingerprint density at radius 3 is 2.47 bits per heavy atom. The van der Waals surface area contributed by atoms with Gasteiger partial charge in [0.2, 0.25) is 11.8 Å². The second-order valence-corrected chi connectivity index (χ2v) is 18.9. The van der Waals surface area contributed by atoms with Crippen LogP contribution in [-0.4, -0.2) is 125 Å². The Morgan fingerprint density at radius 1 is 1.06 bits per heavy atom. The summed E-state index contributed by atoms with van der Waals surface area (Å²) in [6, 6.07) is 11.5. The van der Waals surface area contributed by atoms with Gasteiger partial charge in [0, 0.05) is 54.7 Å². The number of carbonyl (C=O) groups is 5. The molecule has 4 atom stereocenters. The van der Waals surface area contributed by atoms with Crippen LogP contribution in [0.25, 0.3) is 27.6 Å². The highest BCUT2D eigenvalue weighted by molar-refractivity contribution is 5.98. The number of benzene rings is 2. The Labute approximate surface area is 387 Å². The molecule has 4 aliphatic rings. The van der Waals surface area contributed by atoms with E-state index in [1.54, 1.807) is 13.3 Å². The van der Waals surface area contributed by atoms with Gasteiger partial charge in [0.15, 0.2) is 5.60 Å². The summed E-state index contributed by atoms with van der Waals surface area (Å²) in [5, 5.41) is 5.49. The largest absolute Gasteiger partial charge is 0.464 e. The van der Waals surface area contributed by atoms with Crippen molar-refractivity contribution in [2.24, 2.45) is 16.3 Å². The standard InChI is InChI=1S/C51H65N7O8/c1-11-36(43(52-13-3)32(7)64-10)45-38-26-50(8,9)29-65-48(62)39-19-16-22-58(54-39)47(61)40(24-33-17-15-18-34(23-33)35-20-21-41(37(38)25-35)56(45)14-4)53-46(60)44(31(5)6)57-30-66-51(49(57)63)27-55(28-51)42(59)12-2/h11-13,15,17-18,20-21,23,25,31-32,39-40,44,54H,1-2,14,16,19,22,24,26-30H2,3-10H3,(H,53,60)/b43-36+,52-13?/t32-,39-,40-,44-/m0/s1. The molecule has 1 spiro atoms. The summed E-state index contributed by atoms with van der Waals surface area (Å²) >= 11 is 0. The van der Waals surface area contributed by atoms with Crippen LogP contribution < -0.4 is 10.7 Å². The first-order valence-corrected chi connectivity index (χ1v) is 23.0. The van der Waals surface area contributed by atoms with Crippen molar-refractivity contribution in [3.05, 3.63) is 90.3 Å². The molecule has 3 aromatic rings. The zero-order valence-electron chi connectivity index (χ0n) is 39.6. The first-order valence-electron chi connectivity index (χ1n) is 23.0. The second kappa shape index (κ2) is 19.5. The number of cyclic esters (lactones) is 1. The van der Waals surface area contributed by atoms with Crippen LogP contribution in [0.3, 0.4) is 0 Å². The first kappa shape index (κ1) is 48.0. The highest BCUT2D eigenvalue weighted by Crippen LogP contribution is 2.41. The number of amides is 4. The predicted molar refractivity (Wildman–Crippen MR) is 254 cm³/mol. The number of esters is 1. The number of aliphatic imine (C=N–C) groups is 1. The molecule has 15 nitrogen and oxygen atoms in total. The van der Waals surface area contributed by atoms with Gasteiger partial charge < -0.3 is 33.9 Å². The number of allylic oxidation sites excluding steroid dienone is 2. The second-order valence-electron chi connectivity index (χ2n) is 18.9. The molecular formula is C51H65N7O8. The molecule has 15 heteroatoms. The molecule has 352 valence electrons. The number of nitrogens with zero attached hydrogens (tertiary/aromatic N) is 5. The highest BCUT2D eigenvalue weighted by atomic mass is 16.5. The molecule has 0 radical (unpaired) electrons. The van der Waals surface area contributed by atoms with Crippen LogP contribution in [0, 0.1) is 11.3 Å². The van der Waals surface area contributed by atoms with E-state index < -0.39 is 46.9 Å². The van der Waals surface area contributed by atoms with Crippen molar-refractivity contribution in [3.8, 4) is 11.1 Å². The van der Waals surface area contributed by atoms with Gasteiger partial charge in [0.25, 0.3) is 11.8 Å². The molecule has 0 unspecified atom stereocenters. The van der Waals surface area contributed by atoms with Gasteiger partial charge in [-0.2, -0.15) is 0 Å². The molecule has 2 aromatic carbocycles. The lowest BCUT2D eigenvalue weighted by Gasteiger charge is -2.44. The van der Waals surface area contributed by atoms with Gasteiger partial charge in [-0.05, 0) is 86.4 Å². The summed E-state index contributed by atoms with van der Waals surface area (Å²) < 4.78 is 20.2. The zero-order chi connectivity index (χ0) is 47.7. The molecule has 0 aliphatic carbocycles. The van der Waals surface area contributed by atoms with Gasteiger partial charge in [0.1, 0.15) is 24.9 Å². The molecule has 7 rings (SSSR count). The lowest BCUT2D eigenvalue weighted by Crippen LogP contribution is -2.68. The van der Waals surface area contributed by atoms with E-state index in [4.69, 9.17) is 19.2 Å². The van der Waals surface area contributed by atoms with Crippen molar-refractivity contribution in [2.45, 2.75) is 111 Å². The number of aromatic nitrogens is 1. The quantitative estimate of drug-likeness (QED) is 0.108.